The number of carbonyl (C=O) groups is 1. The van der Waals surface area contributed by atoms with Crippen molar-refractivity contribution in [1.82, 2.24) is 0 Å². The summed E-state index contributed by atoms with van der Waals surface area (Å²) in [7, 11) is 0. The van der Waals surface area contributed by atoms with Crippen LogP contribution in [0.25, 0.3) is 0 Å². The second-order valence-corrected chi connectivity index (χ2v) is 2.32. The summed E-state index contributed by atoms with van der Waals surface area (Å²) in [5.41, 5.74) is 0. The first-order valence-corrected chi connectivity index (χ1v) is 3.10. The zero-order valence-electron chi connectivity index (χ0n) is 5.76. The summed E-state index contributed by atoms with van der Waals surface area (Å²) in [6.45, 7) is 3.30. The number of hydrogen-bond donors (Lipinski definition) is 1. The smallest absolute Gasteiger partial charge is 0.450 e. The number of ether oxygens (including phenoxy) is 2. The molecule has 60 valence electrons. The Hall–Kier alpha value is -0.480. The lowest BCUT2D eigenvalue weighted by molar-refractivity contribution is -0.135. The third-order valence-corrected chi connectivity index (χ3v) is 0.858. The lowest BCUT2D eigenvalue weighted by Gasteiger charge is -2.19. The van der Waals surface area contributed by atoms with Crippen molar-refractivity contribution in [2.45, 2.75) is 19.1 Å². The average Bonchev–Trinajstić information content (AvgIpc) is 1.59. The van der Waals surface area contributed by atoms with Gasteiger partial charge in [-0.1, -0.05) is 0 Å². The monoisotopic (exact) mass is 168 g/mol. The molecule has 1 N–H and O–H groups in total. The summed E-state index contributed by atoms with van der Waals surface area (Å²) in [5.74, 6) is 0. The highest BCUT2D eigenvalue weighted by Crippen LogP contribution is 2.17. The van der Waals surface area contributed by atoms with Crippen LogP contribution in [0.2, 0.25) is 0 Å². The van der Waals surface area contributed by atoms with E-state index in [-0.39, 0.29) is 0 Å². The quantitative estimate of drug-likeness (QED) is 0.395. The van der Waals surface area contributed by atoms with E-state index in [0.29, 0.717) is 6.61 Å². The van der Waals surface area contributed by atoms with Crippen molar-refractivity contribution in [2.24, 2.45) is 0 Å². The zero-order chi connectivity index (χ0) is 8.20. The molecule has 0 fully saturated rings. The van der Waals surface area contributed by atoms with E-state index in [9.17, 15) is 4.79 Å². The molecule has 0 saturated heterocycles. The number of hydrogen-bond acceptors (Lipinski definition) is 3. The van der Waals surface area contributed by atoms with Gasteiger partial charge < -0.3 is 14.6 Å². The highest BCUT2D eigenvalue weighted by Gasteiger charge is 2.25. The maximum absolute atomic E-state index is 9.90. The van der Waals surface area contributed by atoms with Crippen molar-refractivity contribution in [1.29, 1.82) is 0 Å². The Morgan fingerprint density at radius 2 is 2.30 bits per heavy atom. The minimum absolute atomic E-state index is 0.299. The second-order valence-electron chi connectivity index (χ2n) is 1.64. The van der Waals surface area contributed by atoms with Crippen molar-refractivity contribution >= 4 is 17.8 Å². The molecule has 4 nitrogen and oxygen atoms in total. The van der Waals surface area contributed by atoms with Crippen molar-refractivity contribution in [2.75, 3.05) is 6.61 Å². The van der Waals surface area contributed by atoms with E-state index in [1.165, 1.54) is 6.92 Å². The van der Waals surface area contributed by atoms with Crippen LogP contribution in [-0.2, 0) is 9.47 Å². The molecular weight excluding hydrogens is 160 g/mol. The lowest BCUT2D eigenvalue weighted by atomic mass is 10.7. The maximum atomic E-state index is 9.90. The summed E-state index contributed by atoms with van der Waals surface area (Å²) >= 11 is 5.41. The SMILES string of the molecule is CCOC(C)(Cl)OC(=O)O. The van der Waals surface area contributed by atoms with Gasteiger partial charge >= 0.3 is 6.16 Å². The van der Waals surface area contributed by atoms with E-state index in [4.69, 9.17) is 21.4 Å². The fraction of sp³-hybridized carbons (Fsp3) is 0.800. The molecule has 0 aromatic rings. The van der Waals surface area contributed by atoms with Gasteiger partial charge in [0, 0.05) is 13.5 Å². The Kier molecular flexibility index (Phi) is 3.46. The largest absolute Gasteiger partial charge is 0.509 e. The van der Waals surface area contributed by atoms with Gasteiger partial charge in [0.05, 0.1) is 0 Å². The molecule has 1 unspecified atom stereocenters. The van der Waals surface area contributed by atoms with Gasteiger partial charge in [-0.3, -0.25) is 0 Å². The molecule has 0 aliphatic rings. The average molecular weight is 169 g/mol. The van der Waals surface area contributed by atoms with Gasteiger partial charge in [-0.05, 0) is 18.5 Å². The van der Waals surface area contributed by atoms with E-state index in [2.05, 4.69) is 4.74 Å². The van der Waals surface area contributed by atoms with E-state index in [1.807, 2.05) is 0 Å². The van der Waals surface area contributed by atoms with Crippen molar-refractivity contribution in [3.05, 3.63) is 0 Å². The Bertz CT molecular complexity index is 123. The van der Waals surface area contributed by atoms with E-state index in [0.717, 1.165) is 0 Å². The predicted molar refractivity (Wildman–Crippen MR) is 35.0 cm³/mol. The standard InChI is InChI=1S/C5H9ClO4/c1-3-9-5(2,6)10-4(7)8/h3H2,1-2H3,(H,7,8). The molecular formula is C5H9ClO4. The van der Waals surface area contributed by atoms with Gasteiger partial charge in [-0.25, -0.2) is 4.79 Å². The van der Waals surface area contributed by atoms with Crippen LogP contribution in [0.15, 0.2) is 0 Å². The van der Waals surface area contributed by atoms with E-state index < -0.39 is 11.4 Å². The third kappa shape index (κ3) is 4.40. The van der Waals surface area contributed by atoms with Crippen LogP contribution in [0.3, 0.4) is 0 Å². The topological polar surface area (TPSA) is 55.8 Å². The van der Waals surface area contributed by atoms with Crippen LogP contribution in [0.4, 0.5) is 4.79 Å². The second kappa shape index (κ2) is 3.63. The van der Waals surface area contributed by atoms with Crippen LogP contribution < -0.4 is 0 Å². The zero-order valence-corrected chi connectivity index (χ0v) is 6.51. The minimum Gasteiger partial charge on any atom is -0.450 e. The molecule has 0 aromatic heterocycles. The molecule has 1 atom stereocenters. The van der Waals surface area contributed by atoms with Crippen molar-refractivity contribution < 1.29 is 19.4 Å². The van der Waals surface area contributed by atoms with E-state index >= 15 is 0 Å². The van der Waals surface area contributed by atoms with Gasteiger partial charge in [0.25, 0.3) is 5.25 Å². The molecule has 0 bridgehead atoms. The van der Waals surface area contributed by atoms with Crippen LogP contribution in [-0.4, -0.2) is 23.1 Å². The molecule has 10 heavy (non-hydrogen) atoms. The molecule has 0 aromatic carbocycles. The third-order valence-electron chi connectivity index (χ3n) is 0.672. The van der Waals surface area contributed by atoms with Crippen molar-refractivity contribution in [3.63, 3.8) is 0 Å². The molecule has 0 heterocycles. The number of carboxylic acid groups (broad SMARTS) is 1. The summed E-state index contributed by atoms with van der Waals surface area (Å²) < 4.78 is 8.84. The lowest BCUT2D eigenvalue weighted by Crippen LogP contribution is -2.27. The van der Waals surface area contributed by atoms with Gasteiger partial charge in [0.1, 0.15) is 0 Å². The van der Waals surface area contributed by atoms with Gasteiger partial charge in [0.15, 0.2) is 0 Å². The van der Waals surface area contributed by atoms with Crippen molar-refractivity contribution in [3.8, 4) is 0 Å². The predicted octanol–water partition coefficient (Wildman–Crippen LogP) is 1.63. The highest BCUT2D eigenvalue weighted by atomic mass is 35.5. The number of rotatable bonds is 3. The molecule has 0 amide bonds. The molecule has 0 rings (SSSR count). The minimum atomic E-state index is -1.55. The Labute approximate surface area is 63.7 Å². The van der Waals surface area contributed by atoms with Gasteiger partial charge in [-0.2, -0.15) is 0 Å². The summed E-state index contributed by atoms with van der Waals surface area (Å²) in [5, 5.41) is 6.53. The fourth-order valence-electron chi connectivity index (χ4n) is 0.443. The first-order valence-electron chi connectivity index (χ1n) is 2.72. The first kappa shape index (κ1) is 9.52. The van der Waals surface area contributed by atoms with E-state index in [1.54, 1.807) is 6.92 Å². The highest BCUT2D eigenvalue weighted by molar-refractivity contribution is 6.22. The Morgan fingerprint density at radius 3 is 2.60 bits per heavy atom. The molecule has 0 saturated carbocycles. The first-order chi connectivity index (χ1) is 4.48. The fourth-order valence-corrected chi connectivity index (χ4v) is 0.618. The van der Waals surface area contributed by atoms with Crippen LogP contribution in [0, 0.1) is 0 Å². The molecule has 5 heteroatoms. The number of alkyl halides is 1. The Balaban J connectivity index is 3.74. The molecule has 0 aliphatic carbocycles. The van der Waals surface area contributed by atoms with Crippen LogP contribution in [0.1, 0.15) is 13.8 Å². The van der Waals surface area contributed by atoms with Crippen LogP contribution >= 0.6 is 11.6 Å². The summed E-state index contributed by atoms with van der Waals surface area (Å²) in [4.78, 5) is 9.90. The summed E-state index contributed by atoms with van der Waals surface area (Å²) in [6, 6.07) is 0. The summed E-state index contributed by atoms with van der Waals surface area (Å²) in [6.07, 6.45) is -1.45. The Morgan fingerprint density at radius 1 is 1.80 bits per heavy atom. The van der Waals surface area contributed by atoms with Gasteiger partial charge in [-0.15, -0.1) is 0 Å². The maximum Gasteiger partial charge on any atom is 0.509 e. The van der Waals surface area contributed by atoms with Crippen LogP contribution in [0.5, 0.6) is 0 Å². The normalized spacial score (nSPS) is 15.9. The molecule has 0 spiro atoms. The number of halogens is 1. The molecule has 0 radical (unpaired) electrons. The van der Waals surface area contributed by atoms with Gasteiger partial charge in [0.2, 0.25) is 0 Å². The molecule has 0 aliphatic heterocycles.